The SMILES string of the molecule is O=C1C=C[C@@H]2C=C[C@H]1[C@H]1CC=C[C@@H]21. The van der Waals surface area contributed by atoms with E-state index in [-0.39, 0.29) is 5.92 Å². The number of carbonyl (C=O) groups excluding carboxylic acids is 1. The molecule has 0 amide bonds. The van der Waals surface area contributed by atoms with E-state index in [0.717, 1.165) is 6.42 Å². The highest BCUT2D eigenvalue weighted by Gasteiger charge is 2.40. The Morgan fingerprint density at radius 2 is 2.08 bits per heavy atom. The highest BCUT2D eigenvalue weighted by Crippen LogP contribution is 2.44. The Balaban J connectivity index is 2.10. The van der Waals surface area contributed by atoms with E-state index in [1.807, 2.05) is 0 Å². The van der Waals surface area contributed by atoms with Gasteiger partial charge in [-0.15, -0.1) is 0 Å². The van der Waals surface area contributed by atoms with Gasteiger partial charge in [-0.05, 0) is 24.3 Å². The molecule has 2 bridgehead atoms. The number of allylic oxidation sites excluding steroid dienone is 6. The average molecular weight is 172 g/mol. The lowest BCUT2D eigenvalue weighted by molar-refractivity contribution is -0.118. The maximum atomic E-state index is 11.6. The number of fused-ring (bicyclic) bond motifs is 1. The second kappa shape index (κ2) is 2.44. The monoisotopic (exact) mass is 172 g/mol. The summed E-state index contributed by atoms with van der Waals surface area (Å²) in [6.45, 7) is 0. The third kappa shape index (κ3) is 0.902. The summed E-state index contributed by atoms with van der Waals surface area (Å²) >= 11 is 0. The molecule has 4 rings (SSSR count). The van der Waals surface area contributed by atoms with Crippen LogP contribution in [0.2, 0.25) is 0 Å². The third-order valence-electron chi connectivity index (χ3n) is 3.52. The van der Waals surface area contributed by atoms with Gasteiger partial charge >= 0.3 is 0 Å². The number of ketones is 1. The molecule has 0 saturated carbocycles. The van der Waals surface area contributed by atoms with Crippen molar-refractivity contribution >= 4 is 5.78 Å². The number of rotatable bonds is 0. The molecule has 1 heteroatoms. The van der Waals surface area contributed by atoms with E-state index in [1.165, 1.54) is 0 Å². The Kier molecular flexibility index (Phi) is 1.37. The molecule has 0 radical (unpaired) electrons. The summed E-state index contributed by atoms with van der Waals surface area (Å²) in [5.74, 6) is 2.09. The van der Waals surface area contributed by atoms with E-state index in [9.17, 15) is 4.79 Å². The molecule has 0 aromatic heterocycles. The van der Waals surface area contributed by atoms with Crippen molar-refractivity contribution in [2.45, 2.75) is 6.42 Å². The molecule has 66 valence electrons. The summed E-state index contributed by atoms with van der Waals surface area (Å²) in [4.78, 5) is 11.6. The Morgan fingerprint density at radius 1 is 1.15 bits per heavy atom. The summed E-state index contributed by atoms with van der Waals surface area (Å²) in [5, 5.41) is 0. The molecule has 0 heterocycles. The maximum absolute atomic E-state index is 11.6. The van der Waals surface area contributed by atoms with Gasteiger partial charge in [-0.25, -0.2) is 0 Å². The summed E-state index contributed by atoms with van der Waals surface area (Å²) in [6.07, 6.45) is 13.8. The average Bonchev–Trinajstić information content (AvgIpc) is 2.52. The van der Waals surface area contributed by atoms with Gasteiger partial charge in [0.05, 0.1) is 0 Å². The second-order valence-electron chi connectivity index (χ2n) is 4.15. The molecule has 4 atom stereocenters. The minimum Gasteiger partial charge on any atom is -0.294 e. The molecule has 0 unspecified atom stereocenters. The summed E-state index contributed by atoms with van der Waals surface area (Å²) in [5.41, 5.74) is 0. The van der Waals surface area contributed by atoms with Crippen molar-refractivity contribution in [1.82, 2.24) is 0 Å². The second-order valence-corrected chi connectivity index (χ2v) is 4.15. The molecule has 0 aromatic rings. The first-order chi connectivity index (χ1) is 6.36. The van der Waals surface area contributed by atoms with E-state index in [0.29, 0.717) is 23.5 Å². The fourth-order valence-electron chi connectivity index (χ4n) is 2.83. The number of hydrogen-bond donors (Lipinski definition) is 0. The fourth-order valence-corrected chi connectivity index (χ4v) is 2.83. The molecule has 0 N–H and O–H groups in total. The first-order valence-corrected chi connectivity index (χ1v) is 4.93. The van der Waals surface area contributed by atoms with Gasteiger partial charge < -0.3 is 0 Å². The standard InChI is InChI=1S/C12H12O/c13-12-7-5-8-4-6-11(12)10-3-1-2-9(8)10/h1-2,4-11H,3H2/t8-,9-,10-,11-/m0/s1. The highest BCUT2D eigenvalue weighted by molar-refractivity contribution is 5.94. The Labute approximate surface area is 77.8 Å². The van der Waals surface area contributed by atoms with Crippen molar-refractivity contribution in [1.29, 1.82) is 0 Å². The van der Waals surface area contributed by atoms with Gasteiger partial charge in [-0.2, -0.15) is 0 Å². The van der Waals surface area contributed by atoms with Crippen LogP contribution in [0.3, 0.4) is 0 Å². The molecule has 0 aliphatic heterocycles. The van der Waals surface area contributed by atoms with Gasteiger partial charge in [0.2, 0.25) is 0 Å². The van der Waals surface area contributed by atoms with E-state index < -0.39 is 0 Å². The zero-order chi connectivity index (χ0) is 8.84. The van der Waals surface area contributed by atoms with E-state index in [2.05, 4.69) is 30.4 Å². The topological polar surface area (TPSA) is 17.1 Å². The Hall–Kier alpha value is -1.11. The third-order valence-corrected chi connectivity index (χ3v) is 3.52. The quantitative estimate of drug-likeness (QED) is 0.511. The van der Waals surface area contributed by atoms with Crippen LogP contribution in [0.4, 0.5) is 0 Å². The molecular formula is C12H12O. The largest absolute Gasteiger partial charge is 0.294 e. The smallest absolute Gasteiger partial charge is 0.162 e. The molecule has 0 aromatic carbocycles. The molecular weight excluding hydrogens is 160 g/mol. The van der Waals surface area contributed by atoms with Gasteiger partial charge in [0, 0.05) is 11.8 Å². The summed E-state index contributed by atoms with van der Waals surface area (Å²) in [7, 11) is 0. The van der Waals surface area contributed by atoms with Crippen molar-refractivity contribution < 1.29 is 4.79 Å². The normalized spacial score (nSPS) is 45.4. The maximum Gasteiger partial charge on any atom is 0.162 e. The highest BCUT2D eigenvalue weighted by atomic mass is 16.1. The predicted octanol–water partition coefficient (Wildman–Crippen LogP) is 2.12. The van der Waals surface area contributed by atoms with Crippen LogP contribution in [0.5, 0.6) is 0 Å². The van der Waals surface area contributed by atoms with Crippen LogP contribution >= 0.6 is 0 Å². The van der Waals surface area contributed by atoms with Crippen molar-refractivity contribution in [3.63, 3.8) is 0 Å². The number of hydrogen-bond acceptors (Lipinski definition) is 1. The molecule has 13 heavy (non-hydrogen) atoms. The van der Waals surface area contributed by atoms with Gasteiger partial charge in [0.25, 0.3) is 0 Å². The molecule has 1 nitrogen and oxygen atoms in total. The first-order valence-electron chi connectivity index (χ1n) is 4.93. The predicted molar refractivity (Wildman–Crippen MR) is 51.0 cm³/mol. The van der Waals surface area contributed by atoms with Gasteiger partial charge in [-0.1, -0.05) is 30.4 Å². The zero-order valence-electron chi connectivity index (χ0n) is 7.39. The molecule has 4 aliphatic rings. The molecule has 0 fully saturated rings. The van der Waals surface area contributed by atoms with E-state index in [1.54, 1.807) is 6.08 Å². The van der Waals surface area contributed by atoms with Gasteiger partial charge in [0.1, 0.15) is 0 Å². The van der Waals surface area contributed by atoms with Crippen LogP contribution in [0, 0.1) is 23.7 Å². The van der Waals surface area contributed by atoms with Crippen molar-refractivity contribution in [2.24, 2.45) is 23.7 Å². The minimum absolute atomic E-state index is 0.162. The van der Waals surface area contributed by atoms with Gasteiger partial charge in [0.15, 0.2) is 5.78 Å². The zero-order valence-corrected chi connectivity index (χ0v) is 7.39. The molecule has 0 saturated heterocycles. The lowest BCUT2D eigenvalue weighted by Crippen LogP contribution is -2.28. The summed E-state index contributed by atoms with van der Waals surface area (Å²) in [6, 6.07) is 0. The Bertz CT molecular complexity index is 335. The van der Waals surface area contributed by atoms with Crippen LogP contribution in [0.15, 0.2) is 36.5 Å². The van der Waals surface area contributed by atoms with Crippen LogP contribution in [0.25, 0.3) is 0 Å². The first kappa shape index (κ1) is 7.31. The summed E-state index contributed by atoms with van der Waals surface area (Å²) < 4.78 is 0. The lowest BCUT2D eigenvalue weighted by atomic mass is 9.73. The van der Waals surface area contributed by atoms with Crippen LogP contribution in [-0.4, -0.2) is 5.78 Å². The van der Waals surface area contributed by atoms with E-state index >= 15 is 0 Å². The van der Waals surface area contributed by atoms with Crippen molar-refractivity contribution in [2.75, 3.05) is 0 Å². The van der Waals surface area contributed by atoms with Crippen LogP contribution in [-0.2, 0) is 4.79 Å². The van der Waals surface area contributed by atoms with E-state index in [4.69, 9.17) is 0 Å². The lowest BCUT2D eigenvalue weighted by Gasteiger charge is -2.30. The van der Waals surface area contributed by atoms with Crippen molar-refractivity contribution in [3.8, 4) is 0 Å². The van der Waals surface area contributed by atoms with Crippen LogP contribution in [0.1, 0.15) is 6.42 Å². The minimum atomic E-state index is 0.162. The van der Waals surface area contributed by atoms with Gasteiger partial charge in [-0.3, -0.25) is 4.79 Å². The van der Waals surface area contributed by atoms with Crippen molar-refractivity contribution in [3.05, 3.63) is 36.5 Å². The number of carbonyl (C=O) groups is 1. The molecule has 0 spiro atoms. The molecule has 4 aliphatic carbocycles. The van der Waals surface area contributed by atoms with Crippen LogP contribution < -0.4 is 0 Å². The Morgan fingerprint density at radius 3 is 3.00 bits per heavy atom. The fraction of sp³-hybridized carbons (Fsp3) is 0.417.